The standard InChI is InChI=1S/C17H18ClN3O/c18-17-15(21-10-2-1-3-16(21)20-17)11-19-9-8-13-4-6-14(12-22)7-5-13/h1-7,10,19,22H,8-9,11-12H2. The van der Waals surface area contributed by atoms with Gasteiger partial charge in [0.15, 0.2) is 5.15 Å². The molecule has 4 nitrogen and oxygen atoms in total. The number of benzene rings is 1. The van der Waals surface area contributed by atoms with E-state index in [0.717, 1.165) is 29.9 Å². The van der Waals surface area contributed by atoms with E-state index >= 15 is 0 Å². The van der Waals surface area contributed by atoms with Crippen molar-refractivity contribution in [2.24, 2.45) is 0 Å². The summed E-state index contributed by atoms with van der Waals surface area (Å²) in [6, 6.07) is 13.9. The largest absolute Gasteiger partial charge is 0.392 e. The van der Waals surface area contributed by atoms with Crippen LogP contribution in [0.25, 0.3) is 5.65 Å². The summed E-state index contributed by atoms with van der Waals surface area (Å²) < 4.78 is 2.01. The summed E-state index contributed by atoms with van der Waals surface area (Å²) in [5.41, 5.74) is 4.03. The minimum Gasteiger partial charge on any atom is -0.392 e. The van der Waals surface area contributed by atoms with E-state index in [1.165, 1.54) is 5.56 Å². The summed E-state index contributed by atoms with van der Waals surface area (Å²) in [4.78, 5) is 4.33. The molecule has 2 heterocycles. The summed E-state index contributed by atoms with van der Waals surface area (Å²) >= 11 is 6.20. The lowest BCUT2D eigenvalue weighted by molar-refractivity contribution is 0.282. The molecule has 0 unspecified atom stereocenters. The monoisotopic (exact) mass is 315 g/mol. The highest BCUT2D eigenvalue weighted by Crippen LogP contribution is 2.17. The minimum atomic E-state index is 0.0886. The molecule has 0 saturated heterocycles. The van der Waals surface area contributed by atoms with Gasteiger partial charge in [0.05, 0.1) is 12.3 Å². The molecule has 5 heteroatoms. The van der Waals surface area contributed by atoms with Gasteiger partial charge in [0.1, 0.15) is 5.65 Å². The SMILES string of the molecule is OCc1ccc(CCNCc2c(Cl)nc3ccccn23)cc1. The van der Waals surface area contributed by atoms with Crippen LogP contribution in [0.3, 0.4) is 0 Å². The van der Waals surface area contributed by atoms with Crippen LogP contribution in [0, 0.1) is 0 Å². The molecule has 114 valence electrons. The Balaban J connectivity index is 1.57. The first-order valence-corrected chi connectivity index (χ1v) is 7.66. The zero-order valence-electron chi connectivity index (χ0n) is 12.2. The third kappa shape index (κ3) is 3.30. The Kier molecular flexibility index (Phi) is 4.73. The van der Waals surface area contributed by atoms with Crippen molar-refractivity contribution < 1.29 is 5.11 Å². The maximum Gasteiger partial charge on any atom is 0.152 e. The van der Waals surface area contributed by atoms with Crippen molar-refractivity contribution in [1.82, 2.24) is 14.7 Å². The Morgan fingerprint density at radius 2 is 1.86 bits per heavy atom. The number of halogens is 1. The third-order valence-corrected chi connectivity index (χ3v) is 3.97. The molecule has 1 aromatic carbocycles. The molecule has 0 aliphatic carbocycles. The number of nitrogens with zero attached hydrogens (tertiary/aromatic N) is 2. The summed E-state index contributed by atoms with van der Waals surface area (Å²) in [7, 11) is 0. The molecule has 0 bridgehead atoms. The van der Waals surface area contributed by atoms with Crippen LogP contribution in [-0.2, 0) is 19.6 Å². The van der Waals surface area contributed by atoms with E-state index < -0.39 is 0 Å². The lowest BCUT2D eigenvalue weighted by atomic mass is 10.1. The number of fused-ring (bicyclic) bond motifs is 1. The molecule has 0 amide bonds. The van der Waals surface area contributed by atoms with Crippen LogP contribution in [0.4, 0.5) is 0 Å². The average Bonchev–Trinajstić information content (AvgIpc) is 2.88. The Morgan fingerprint density at radius 3 is 2.64 bits per heavy atom. The van der Waals surface area contributed by atoms with Crippen molar-refractivity contribution >= 4 is 17.2 Å². The molecule has 3 rings (SSSR count). The normalized spacial score (nSPS) is 11.2. The summed E-state index contributed by atoms with van der Waals surface area (Å²) in [5, 5.41) is 13.0. The predicted octanol–water partition coefficient (Wildman–Crippen LogP) is 2.81. The topological polar surface area (TPSA) is 49.6 Å². The highest BCUT2D eigenvalue weighted by molar-refractivity contribution is 6.30. The second kappa shape index (κ2) is 6.92. The van der Waals surface area contributed by atoms with Gasteiger partial charge in [-0.2, -0.15) is 0 Å². The minimum absolute atomic E-state index is 0.0886. The predicted molar refractivity (Wildman–Crippen MR) is 88.0 cm³/mol. The van der Waals surface area contributed by atoms with Crippen LogP contribution in [-0.4, -0.2) is 21.0 Å². The molecular formula is C17H18ClN3O. The molecule has 0 saturated carbocycles. The van der Waals surface area contributed by atoms with Crippen LogP contribution >= 0.6 is 11.6 Å². The second-order valence-electron chi connectivity index (χ2n) is 5.18. The number of rotatable bonds is 6. The Hall–Kier alpha value is -1.88. The smallest absolute Gasteiger partial charge is 0.152 e. The fourth-order valence-corrected chi connectivity index (χ4v) is 2.67. The first-order chi connectivity index (χ1) is 10.8. The van der Waals surface area contributed by atoms with Crippen molar-refractivity contribution in [3.8, 4) is 0 Å². The molecule has 0 aliphatic heterocycles. The van der Waals surface area contributed by atoms with Gasteiger partial charge in [-0.15, -0.1) is 0 Å². The average molecular weight is 316 g/mol. The summed E-state index contributed by atoms with van der Waals surface area (Å²) in [6.07, 6.45) is 2.90. The molecule has 0 atom stereocenters. The van der Waals surface area contributed by atoms with Gasteiger partial charge < -0.3 is 14.8 Å². The van der Waals surface area contributed by atoms with Gasteiger partial charge in [-0.3, -0.25) is 0 Å². The van der Waals surface area contributed by atoms with Crippen molar-refractivity contribution in [2.75, 3.05) is 6.54 Å². The van der Waals surface area contributed by atoms with Crippen LogP contribution in [0.5, 0.6) is 0 Å². The van der Waals surface area contributed by atoms with Gasteiger partial charge in [0, 0.05) is 12.7 Å². The van der Waals surface area contributed by atoms with Crippen molar-refractivity contribution in [1.29, 1.82) is 0 Å². The first kappa shape index (κ1) is 15.0. The van der Waals surface area contributed by atoms with E-state index in [4.69, 9.17) is 16.7 Å². The number of aliphatic hydroxyl groups excluding tert-OH is 1. The Labute approximate surface area is 134 Å². The van der Waals surface area contributed by atoms with Crippen LogP contribution in [0.1, 0.15) is 16.8 Å². The van der Waals surface area contributed by atoms with E-state index in [0.29, 0.717) is 11.7 Å². The number of aliphatic hydroxyl groups is 1. The molecule has 2 aromatic heterocycles. The van der Waals surface area contributed by atoms with Gasteiger partial charge in [-0.05, 0) is 36.2 Å². The number of nitrogens with one attached hydrogen (secondary N) is 1. The number of imidazole rings is 1. The van der Waals surface area contributed by atoms with E-state index in [9.17, 15) is 0 Å². The van der Waals surface area contributed by atoms with Crippen molar-refractivity contribution in [2.45, 2.75) is 19.6 Å². The molecule has 0 aliphatic rings. The molecule has 22 heavy (non-hydrogen) atoms. The highest BCUT2D eigenvalue weighted by Gasteiger charge is 2.08. The zero-order chi connectivity index (χ0) is 15.4. The fourth-order valence-electron chi connectivity index (χ4n) is 2.43. The second-order valence-corrected chi connectivity index (χ2v) is 5.54. The van der Waals surface area contributed by atoms with Gasteiger partial charge in [-0.1, -0.05) is 41.9 Å². The lowest BCUT2D eigenvalue weighted by Crippen LogP contribution is -2.18. The van der Waals surface area contributed by atoms with Gasteiger partial charge in [0.25, 0.3) is 0 Å². The summed E-state index contributed by atoms with van der Waals surface area (Å²) in [5.74, 6) is 0. The Bertz CT molecular complexity index is 752. The lowest BCUT2D eigenvalue weighted by Gasteiger charge is -2.06. The van der Waals surface area contributed by atoms with E-state index in [2.05, 4.69) is 22.4 Å². The van der Waals surface area contributed by atoms with Crippen molar-refractivity contribution in [3.63, 3.8) is 0 Å². The van der Waals surface area contributed by atoms with E-state index in [-0.39, 0.29) is 6.61 Å². The number of pyridine rings is 1. The fraction of sp³-hybridized carbons (Fsp3) is 0.235. The third-order valence-electron chi connectivity index (χ3n) is 3.67. The van der Waals surface area contributed by atoms with Crippen LogP contribution in [0.2, 0.25) is 5.15 Å². The van der Waals surface area contributed by atoms with Crippen LogP contribution < -0.4 is 5.32 Å². The van der Waals surface area contributed by atoms with Gasteiger partial charge in [0.2, 0.25) is 0 Å². The van der Waals surface area contributed by atoms with Gasteiger partial charge >= 0.3 is 0 Å². The van der Waals surface area contributed by atoms with E-state index in [1.807, 2.05) is 40.9 Å². The zero-order valence-corrected chi connectivity index (χ0v) is 12.9. The molecule has 3 aromatic rings. The van der Waals surface area contributed by atoms with Crippen molar-refractivity contribution in [3.05, 3.63) is 70.6 Å². The molecule has 2 N–H and O–H groups in total. The first-order valence-electron chi connectivity index (χ1n) is 7.29. The highest BCUT2D eigenvalue weighted by atomic mass is 35.5. The van der Waals surface area contributed by atoms with E-state index in [1.54, 1.807) is 0 Å². The maximum absolute atomic E-state index is 9.03. The molecule has 0 spiro atoms. The molecule has 0 radical (unpaired) electrons. The number of aromatic nitrogens is 2. The quantitative estimate of drug-likeness (QED) is 0.688. The summed E-state index contributed by atoms with van der Waals surface area (Å²) in [6.45, 7) is 1.62. The van der Waals surface area contributed by atoms with Crippen LogP contribution in [0.15, 0.2) is 48.7 Å². The molecule has 0 fully saturated rings. The Morgan fingerprint density at radius 1 is 1.09 bits per heavy atom. The molecular weight excluding hydrogens is 298 g/mol. The number of hydrogen-bond donors (Lipinski definition) is 2. The van der Waals surface area contributed by atoms with Gasteiger partial charge in [-0.25, -0.2) is 4.98 Å². The maximum atomic E-state index is 9.03. The number of hydrogen-bond acceptors (Lipinski definition) is 3.